The van der Waals surface area contributed by atoms with E-state index in [1.54, 1.807) is 12.1 Å². The van der Waals surface area contributed by atoms with Crippen molar-refractivity contribution in [1.29, 1.82) is 0 Å². The topological polar surface area (TPSA) is 41.6 Å². The summed E-state index contributed by atoms with van der Waals surface area (Å²) in [6.07, 6.45) is 1.47. The molecule has 0 aliphatic carbocycles. The molecule has 1 N–H and O–H groups in total. The van der Waals surface area contributed by atoms with Crippen LogP contribution < -0.4 is 0 Å². The third-order valence-corrected chi connectivity index (χ3v) is 2.49. The summed E-state index contributed by atoms with van der Waals surface area (Å²) in [5.41, 5.74) is 1.32. The zero-order valence-electron chi connectivity index (χ0n) is 7.17. The molecule has 0 aliphatic rings. The molecule has 1 aromatic heterocycles. The fraction of sp³-hybridized carbons (Fsp3) is 0.111. The first-order chi connectivity index (χ1) is 6.83. The van der Waals surface area contributed by atoms with Gasteiger partial charge in [-0.3, -0.25) is 0 Å². The Kier molecular flexibility index (Phi) is 2.58. The summed E-state index contributed by atoms with van der Waals surface area (Å²) in [5.74, 6) is 0.342. The molecule has 0 bridgehead atoms. The maximum absolute atomic E-state index is 13.4. The van der Waals surface area contributed by atoms with Crippen LogP contribution in [0.25, 0.3) is 11.4 Å². The van der Waals surface area contributed by atoms with Crippen LogP contribution in [0.15, 0.2) is 24.5 Å². The molecule has 0 fully saturated rings. The summed E-state index contributed by atoms with van der Waals surface area (Å²) in [4.78, 5) is 2.85. The normalized spacial score (nSPS) is 10.4. The van der Waals surface area contributed by atoms with Gasteiger partial charge in [-0.1, -0.05) is 28.1 Å². The van der Waals surface area contributed by atoms with Crippen molar-refractivity contribution in [2.45, 2.75) is 5.33 Å². The predicted octanol–water partition coefficient (Wildman–Crippen LogP) is 2.51. The molecule has 1 aromatic carbocycles. The van der Waals surface area contributed by atoms with E-state index in [-0.39, 0.29) is 5.82 Å². The number of aromatic amines is 1. The van der Waals surface area contributed by atoms with Crippen LogP contribution in [-0.4, -0.2) is 15.2 Å². The molecule has 3 nitrogen and oxygen atoms in total. The Hall–Kier alpha value is -1.23. The first-order valence-electron chi connectivity index (χ1n) is 4.02. The van der Waals surface area contributed by atoms with Gasteiger partial charge >= 0.3 is 0 Å². The molecule has 0 saturated heterocycles. The van der Waals surface area contributed by atoms with Gasteiger partial charge in [0.25, 0.3) is 0 Å². The summed E-state index contributed by atoms with van der Waals surface area (Å²) >= 11 is 3.24. The second kappa shape index (κ2) is 3.88. The number of nitrogens with zero attached hydrogens (tertiary/aromatic N) is 2. The van der Waals surface area contributed by atoms with Crippen molar-refractivity contribution >= 4 is 15.9 Å². The molecule has 14 heavy (non-hydrogen) atoms. The minimum atomic E-state index is -0.240. The number of hydrogen-bond acceptors (Lipinski definition) is 2. The lowest BCUT2D eigenvalue weighted by Crippen LogP contribution is -1.92. The number of aromatic nitrogens is 3. The Morgan fingerprint density at radius 1 is 1.43 bits per heavy atom. The van der Waals surface area contributed by atoms with Gasteiger partial charge in [-0.15, -0.1) is 10.2 Å². The molecule has 0 aliphatic heterocycles. The number of benzene rings is 1. The molecule has 2 rings (SSSR count). The molecule has 72 valence electrons. The predicted molar refractivity (Wildman–Crippen MR) is 54.4 cm³/mol. The zero-order chi connectivity index (χ0) is 9.97. The quantitative estimate of drug-likeness (QED) is 0.839. The van der Waals surface area contributed by atoms with Crippen LogP contribution in [0.2, 0.25) is 0 Å². The summed E-state index contributed by atoms with van der Waals surface area (Å²) in [6.45, 7) is 0. The number of hydrogen-bond donors (Lipinski definition) is 1. The van der Waals surface area contributed by atoms with Gasteiger partial charge in [-0.2, -0.15) is 0 Å². The van der Waals surface area contributed by atoms with Crippen LogP contribution in [-0.2, 0) is 5.33 Å². The van der Waals surface area contributed by atoms with Gasteiger partial charge in [0, 0.05) is 16.5 Å². The number of rotatable bonds is 2. The summed E-state index contributed by atoms with van der Waals surface area (Å²) in [7, 11) is 0. The van der Waals surface area contributed by atoms with Gasteiger partial charge in [0.1, 0.15) is 12.1 Å². The molecule has 0 radical (unpaired) electrons. The van der Waals surface area contributed by atoms with E-state index >= 15 is 0 Å². The Bertz CT molecular complexity index is 428. The highest BCUT2D eigenvalue weighted by molar-refractivity contribution is 9.08. The molecule has 0 spiro atoms. The minimum absolute atomic E-state index is 0.240. The maximum Gasteiger partial charge on any atom is 0.161 e. The van der Waals surface area contributed by atoms with Crippen molar-refractivity contribution in [3.8, 4) is 11.4 Å². The van der Waals surface area contributed by atoms with Gasteiger partial charge < -0.3 is 4.98 Å². The largest absolute Gasteiger partial charge is 0.328 e. The van der Waals surface area contributed by atoms with Gasteiger partial charge in [0.2, 0.25) is 0 Å². The average Bonchev–Trinajstić information content (AvgIpc) is 2.70. The highest BCUT2D eigenvalue weighted by atomic mass is 79.9. The maximum atomic E-state index is 13.4. The standard InChI is InChI=1S/C9H7BrFN3/c10-4-7-6(2-1-3-8(7)11)9-12-5-13-14-9/h1-3,5H,4H2,(H,12,13,14). The van der Waals surface area contributed by atoms with Crippen LogP contribution >= 0.6 is 15.9 Å². The Morgan fingerprint density at radius 3 is 2.93 bits per heavy atom. The Balaban J connectivity index is 2.58. The number of halogens is 2. The van der Waals surface area contributed by atoms with Crippen LogP contribution in [0.4, 0.5) is 4.39 Å². The third kappa shape index (κ3) is 1.55. The molecule has 0 saturated carbocycles. The van der Waals surface area contributed by atoms with Gasteiger partial charge in [0.05, 0.1) is 0 Å². The van der Waals surface area contributed by atoms with E-state index in [1.165, 1.54) is 12.4 Å². The highest BCUT2D eigenvalue weighted by Crippen LogP contribution is 2.24. The summed E-state index contributed by atoms with van der Waals surface area (Å²) < 4.78 is 13.4. The zero-order valence-corrected chi connectivity index (χ0v) is 8.75. The van der Waals surface area contributed by atoms with Crippen LogP contribution in [0.3, 0.4) is 0 Å². The average molecular weight is 256 g/mol. The van der Waals surface area contributed by atoms with E-state index < -0.39 is 0 Å². The third-order valence-electron chi connectivity index (χ3n) is 1.92. The van der Waals surface area contributed by atoms with E-state index in [1.807, 2.05) is 0 Å². The highest BCUT2D eigenvalue weighted by Gasteiger charge is 2.10. The van der Waals surface area contributed by atoms with Crippen molar-refractivity contribution in [2.24, 2.45) is 0 Å². The SMILES string of the molecule is Fc1cccc(-c2nnc[nH]2)c1CBr. The fourth-order valence-electron chi connectivity index (χ4n) is 1.25. The van der Waals surface area contributed by atoms with Crippen molar-refractivity contribution < 1.29 is 4.39 Å². The molecule has 0 atom stereocenters. The van der Waals surface area contributed by atoms with Gasteiger partial charge in [-0.25, -0.2) is 4.39 Å². The molecule has 0 amide bonds. The van der Waals surface area contributed by atoms with Crippen molar-refractivity contribution in [3.63, 3.8) is 0 Å². The van der Waals surface area contributed by atoms with Crippen molar-refractivity contribution in [3.05, 3.63) is 35.9 Å². The minimum Gasteiger partial charge on any atom is -0.328 e. The van der Waals surface area contributed by atoms with E-state index in [0.717, 1.165) is 5.56 Å². The van der Waals surface area contributed by atoms with E-state index in [9.17, 15) is 4.39 Å². The molecule has 0 unspecified atom stereocenters. The van der Waals surface area contributed by atoms with E-state index in [4.69, 9.17) is 0 Å². The molecule has 1 heterocycles. The summed E-state index contributed by atoms with van der Waals surface area (Å²) in [6, 6.07) is 4.88. The first kappa shape index (κ1) is 9.33. The van der Waals surface area contributed by atoms with Crippen LogP contribution in [0.5, 0.6) is 0 Å². The van der Waals surface area contributed by atoms with Crippen molar-refractivity contribution in [2.75, 3.05) is 0 Å². The van der Waals surface area contributed by atoms with Gasteiger partial charge in [-0.05, 0) is 6.07 Å². The van der Waals surface area contributed by atoms with Crippen LogP contribution in [0.1, 0.15) is 5.56 Å². The van der Waals surface area contributed by atoms with Crippen LogP contribution in [0, 0.1) is 5.82 Å². The smallest absolute Gasteiger partial charge is 0.161 e. The lowest BCUT2D eigenvalue weighted by atomic mass is 10.1. The van der Waals surface area contributed by atoms with Crippen molar-refractivity contribution in [1.82, 2.24) is 15.2 Å². The van der Waals surface area contributed by atoms with E-state index in [0.29, 0.717) is 16.7 Å². The number of nitrogens with one attached hydrogen (secondary N) is 1. The Labute approximate surface area is 88.5 Å². The molecular formula is C9H7BrFN3. The summed E-state index contributed by atoms with van der Waals surface area (Å²) in [5, 5.41) is 7.96. The lowest BCUT2D eigenvalue weighted by Gasteiger charge is -2.04. The molecular weight excluding hydrogens is 249 g/mol. The fourth-order valence-corrected chi connectivity index (χ4v) is 1.82. The number of H-pyrrole nitrogens is 1. The van der Waals surface area contributed by atoms with Gasteiger partial charge in [0.15, 0.2) is 5.82 Å². The Morgan fingerprint density at radius 2 is 2.29 bits per heavy atom. The first-order valence-corrected chi connectivity index (χ1v) is 5.15. The lowest BCUT2D eigenvalue weighted by molar-refractivity contribution is 0.618. The monoisotopic (exact) mass is 255 g/mol. The molecule has 2 aromatic rings. The number of alkyl halides is 1. The second-order valence-corrected chi connectivity index (χ2v) is 3.30. The van der Waals surface area contributed by atoms with E-state index in [2.05, 4.69) is 31.1 Å². The molecule has 5 heteroatoms. The second-order valence-electron chi connectivity index (χ2n) is 2.74.